The van der Waals surface area contributed by atoms with Crippen LogP contribution < -0.4 is 15.5 Å². The molecule has 0 atom stereocenters. The highest BCUT2D eigenvalue weighted by atomic mass is 16.2. The standard InChI is InChI=1S/C33H33N11O/c1-22-14-25(19-38-42-22)31-26(15-34)18-36-32(41-31)40-28-9-11-29(12-10-28)44(33(45)37-16-23-6-4-3-5-7-23)30-13-8-24(17-35-30)27-20-39-43(2)21-27/h3-8,13-14,17-21,28-29H,9-12,16H2,1-2H3,(H,37,45)(H,36,40,41)/t28-,29-. The summed E-state index contributed by atoms with van der Waals surface area (Å²) < 4.78 is 1.75. The molecule has 0 radical (unpaired) electrons. The van der Waals surface area contributed by atoms with Crippen molar-refractivity contribution in [3.05, 3.63) is 96.3 Å². The third-order valence-corrected chi connectivity index (χ3v) is 7.89. The Bertz CT molecular complexity index is 1810. The number of hydrogen-bond acceptors (Lipinski definition) is 9. The van der Waals surface area contributed by atoms with Crippen molar-refractivity contribution in [2.45, 2.75) is 51.2 Å². The second-order valence-corrected chi connectivity index (χ2v) is 11.1. The number of rotatable bonds is 8. The molecule has 4 heterocycles. The fourth-order valence-corrected chi connectivity index (χ4v) is 5.60. The monoisotopic (exact) mass is 599 g/mol. The molecule has 1 aliphatic carbocycles. The van der Waals surface area contributed by atoms with Crippen molar-refractivity contribution in [1.82, 2.24) is 40.2 Å². The normalized spacial score (nSPS) is 16.0. The van der Waals surface area contributed by atoms with E-state index in [-0.39, 0.29) is 18.1 Å². The molecule has 0 unspecified atom stereocenters. The van der Waals surface area contributed by atoms with Crippen LogP contribution in [0, 0.1) is 18.3 Å². The van der Waals surface area contributed by atoms with Gasteiger partial charge in [0, 0.05) is 54.8 Å². The third kappa shape index (κ3) is 6.94. The first-order valence-corrected chi connectivity index (χ1v) is 14.9. The molecule has 226 valence electrons. The van der Waals surface area contributed by atoms with Crippen molar-refractivity contribution in [3.63, 3.8) is 0 Å². The number of nitrogens with zero attached hydrogens (tertiary/aromatic N) is 9. The van der Waals surface area contributed by atoms with Gasteiger partial charge in [-0.05, 0) is 56.4 Å². The van der Waals surface area contributed by atoms with E-state index >= 15 is 0 Å². The van der Waals surface area contributed by atoms with Gasteiger partial charge in [-0.1, -0.05) is 30.3 Å². The molecule has 0 spiro atoms. The predicted molar refractivity (Wildman–Crippen MR) is 170 cm³/mol. The SMILES string of the molecule is Cc1cc(-c2nc(N[C@H]3CC[C@H](N(C(=O)NCc4ccccc4)c4ccc(-c5cnn(C)c5)cn4)CC3)ncc2C#N)cnn1. The Hall–Kier alpha value is -5.70. The van der Waals surface area contributed by atoms with Crippen molar-refractivity contribution in [3.8, 4) is 28.5 Å². The topological polar surface area (TPSA) is 150 Å². The van der Waals surface area contributed by atoms with Crippen molar-refractivity contribution in [2.75, 3.05) is 10.2 Å². The minimum atomic E-state index is -0.182. The van der Waals surface area contributed by atoms with Gasteiger partial charge in [0.2, 0.25) is 5.95 Å². The fourth-order valence-electron chi connectivity index (χ4n) is 5.60. The summed E-state index contributed by atoms with van der Waals surface area (Å²) in [4.78, 5) is 29.3. The van der Waals surface area contributed by atoms with Crippen LogP contribution in [0.15, 0.2) is 79.5 Å². The van der Waals surface area contributed by atoms with Crippen molar-refractivity contribution < 1.29 is 4.79 Å². The minimum absolute atomic E-state index is 0.0427. The Morgan fingerprint density at radius 1 is 1.00 bits per heavy atom. The predicted octanol–water partition coefficient (Wildman–Crippen LogP) is 5.05. The molecule has 2 N–H and O–H groups in total. The van der Waals surface area contributed by atoms with E-state index in [9.17, 15) is 10.1 Å². The molecule has 1 saturated carbocycles. The average molecular weight is 600 g/mol. The molecular weight excluding hydrogens is 566 g/mol. The van der Waals surface area contributed by atoms with Crippen LogP contribution >= 0.6 is 0 Å². The van der Waals surface area contributed by atoms with Gasteiger partial charge in [0.05, 0.1) is 35.5 Å². The summed E-state index contributed by atoms with van der Waals surface area (Å²) in [6.07, 6.45) is 11.8. The maximum absolute atomic E-state index is 13.7. The van der Waals surface area contributed by atoms with Gasteiger partial charge in [-0.2, -0.15) is 20.6 Å². The van der Waals surface area contributed by atoms with Gasteiger partial charge in [0.1, 0.15) is 11.9 Å². The lowest BCUT2D eigenvalue weighted by atomic mass is 9.90. The van der Waals surface area contributed by atoms with Crippen molar-refractivity contribution >= 4 is 17.8 Å². The molecule has 1 fully saturated rings. The van der Waals surface area contributed by atoms with Crippen LogP contribution in [0.3, 0.4) is 0 Å². The van der Waals surface area contributed by atoms with Gasteiger partial charge in [-0.3, -0.25) is 9.58 Å². The molecule has 45 heavy (non-hydrogen) atoms. The Labute approximate surface area is 261 Å². The summed E-state index contributed by atoms with van der Waals surface area (Å²) >= 11 is 0. The molecule has 4 aromatic heterocycles. The number of nitrogens with one attached hydrogen (secondary N) is 2. The molecule has 0 aliphatic heterocycles. The third-order valence-electron chi connectivity index (χ3n) is 7.89. The first kappa shape index (κ1) is 29.4. The van der Waals surface area contributed by atoms with Crippen molar-refractivity contribution in [1.29, 1.82) is 5.26 Å². The number of hydrogen-bond donors (Lipinski definition) is 2. The number of amides is 2. The molecule has 6 rings (SSSR count). The minimum Gasteiger partial charge on any atom is -0.351 e. The molecule has 12 nitrogen and oxygen atoms in total. The highest BCUT2D eigenvalue weighted by Gasteiger charge is 2.31. The van der Waals surface area contributed by atoms with Gasteiger partial charge in [0.15, 0.2) is 0 Å². The number of urea groups is 1. The second-order valence-electron chi connectivity index (χ2n) is 11.1. The number of carbonyl (C=O) groups excluding carboxylic acids is 1. The van der Waals surface area contributed by atoms with Crippen LogP contribution in [0.1, 0.15) is 42.5 Å². The van der Waals surface area contributed by atoms with E-state index in [1.807, 2.05) is 68.7 Å². The molecule has 2 amide bonds. The maximum Gasteiger partial charge on any atom is 0.323 e. The lowest BCUT2D eigenvalue weighted by Crippen LogP contribution is -2.49. The Morgan fingerprint density at radius 2 is 1.82 bits per heavy atom. The lowest BCUT2D eigenvalue weighted by molar-refractivity contribution is 0.240. The van der Waals surface area contributed by atoms with Crippen LogP contribution in [0.5, 0.6) is 0 Å². The fraction of sp³-hybridized carbons (Fsp3) is 0.273. The second kappa shape index (κ2) is 13.3. The van der Waals surface area contributed by atoms with E-state index in [1.54, 1.807) is 28.2 Å². The molecule has 0 bridgehead atoms. The molecule has 12 heteroatoms. The largest absolute Gasteiger partial charge is 0.351 e. The van der Waals surface area contributed by atoms with Gasteiger partial charge < -0.3 is 10.6 Å². The van der Waals surface area contributed by atoms with E-state index in [0.29, 0.717) is 35.1 Å². The number of carbonyl (C=O) groups is 1. The maximum atomic E-state index is 13.7. The van der Waals surface area contributed by atoms with E-state index in [0.717, 1.165) is 48.1 Å². The molecule has 0 saturated heterocycles. The molecule has 5 aromatic rings. The highest BCUT2D eigenvalue weighted by molar-refractivity contribution is 5.91. The zero-order chi connectivity index (χ0) is 31.2. The number of anilines is 2. The van der Waals surface area contributed by atoms with Crippen LogP contribution in [0.2, 0.25) is 0 Å². The number of aromatic nitrogens is 7. The number of aryl methyl sites for hydroxylation is 2. The van der Waals surface area contributed by atoms with E-state index in [2.05, 4.69) is 42.0 Å². The average Bonchev–Trinajstić information content (AvgIpc) is 3.51. The molecule has 1 aliphatic rings. The first-order chi connectivity index (χ1) is 22.0. The van der Waals surface area contributed by atoms with Crippen LogP contribution in [0.4, 0.5) is 16.6 Å². The van der Waals surface area contributed by atoms with Gasteiger partial charge in [-0.25, -0.2) is 19.7 Å². The number of nitriles is 1. The number of benzene rings is 1. The van der Waals surface area contributed by atoms with E-state index < -0.39 is 0 Å². The zero-order valence-corrected chi connectivity index (χ0v) is 25.1. The smallest absolute Gasteiger partial charge is 0.323 e. The number of pyridine rings is 1. The first-order valence-electron chi connectivity index (χ1n) is 14.9. The summed E-state index contributed by atoms with van der Waals surface area (Å²) in [6.45, 7) is 2.27. The summed E-state index contributed by atoms with van der Waals surface area (Å²) in [6, 6.07) is 17.6. The summed E-state index contributed by atoms with van der Waals surface area (Å²) in [5, 5.41) is 28.4. The van der Waals surface area contributed by atoms with Crippen LogP contribution in [-0.2, 0) is 13.6 Å². The summed E-state index contributed by atoms with van der Waals surface area (Å²) in [5.74, 6) is 1.05. The van der Waals surface area contributed by atoms with Crippen LogP contribution in [0.25, 0.3) is 22.4 Å². The zero-order valence-electron chi connectivity index (χ0n) is 25.1. The summed E-state index contributed by atoms with van der Waals surface area (Å²) in [5.41, 5.74) is 5.27. The van der Waals surface area contributed by atoms with E-state index in [4.69, 9.17) is 4.98 Å². The van der Waals surface area contributed by atoms with Gasteiger partial charge >= 0.3 is 6.03 Å². The quantitative estimate of drug-likeness (QED) is 0.250. The Morgan fingerprint density at radius 3 is 2.51 bits per heavy atom. The van der Waals surface area contributed by atoms with E-state index in [1.165, 1.54) is 6.20 Å². The van der Waals surface area contributed by atoms with Crippen LogP contribution in [-0.4, -0.2) is 53.0 Å². The molecular formula is C33H33N11O. The lowest BCUT2D eigenvalue weighted by Gasteiger charge is -2.36. The Kier molecular flexibility index (Phi) is 8.68. The summed E-state index contributed by atoms with van der Waals surface area (Å²) in [7, 11) is 1.88. The van der Waals surface area contributed by atoms with Gasteiger partial charge in [-0.15, -0.1) is 0 Å². The highest BCUT2D eigenvalue weighted by Crippen LogP contribution is 2.30. The molecule has 1 aromatic carbocycles. The van der Waals surface area contributed by atoms with Crippen molar-refractivity contribution in [2.24, 2.45) is 7.05 Å². The Balaban J connectivity index is 1.17. The van der Waals surface area contributed by atoms with Gasteiger partial charge in [0.25, 0.3) is 0 Å².